The van der Waals surface area contributed by atoms with Gasteiger partial charge in [0, 0.05) is 4.83 Å². The molecule has 2 rings (SSSR count). The number of hydrogen-bond acceptors (Lipinski definition) is 1. The molecule has 0 saturated carbocycles. The zero-order valence-corrected chi connectivity index (χ0v) is 18.8. The summed E-state index contributed by atoms with van der Waals surface area (Å²) in [7, 11) is -1.76. The first-order chi connectivity index (χ1) is 11.7. The van der Waals surface area contributed by atoms with Crippen molar-refractivity contribution in [3.8, 4) is 5.75 Å². The van der Waals surface area contributed by atoms with E-state index in [1.54, 1.807) is 0 Å². The minimum Gasteiger partial charge on any atom is -0.544 e. The van der Waals surface area contributed by atoms with E-state index in [0.29, 0.717) is 4.83 Å². The Morgan fingerprint density at radius 2 is 1.56 bits per heavy atom. The summed E-state index contributed by atoms with van der Waals surface area (Å²) in [6.45, 7) is 11.4. The normalized spacial score (nSPS) is 13.5. The fraction of sp³-hybridized carbons (Fsp3) is 0.455. The number of aryl methyl sites for hydroxylation is 1. The Kier molecular flexibility index (Phi) is 6.92. The summed E-state index contributed by atoms with van der Waals surface area (Å²) < 4.78 is 6.36. The van der Waals surface area contributed by atoms with Crippen molar-refractivity contribution in [2.45, 2.75) is 63.0 Å². The SMILES string of the molecule is CC(C)(C)[Si](C)(C)Oc1ccc(C(Br)CCCc2ccccc2)cc1. The third kappa shape index (κ3) is 6.00. The first-order valence-corrected chi connectivity index (χ1v) is 13.0. The van der Waals surface area contributed by atoms with Crippen molar-refractivity contribution in [2.24, 2.45) is 0 Å². The number of benzene rings is 2. The third-order valence-electron chi connectivity index (χ3n) is 5.19. The molecule has 2 aromatic rings. The van der Waals surface area contributed by atoms with E-state index in [1.165, 1.54) is 17.5 Å². The molecule has 1 atom stereocenters. The van der Waals surface area contributed by atoms with Crippen molar-refractivity contribution in [1.82, 2.24) is 0 Å². The van der Waals surface area contributed by atoms with E-state index in [2.05, 4.69) is 104 Å². The molecule has 0 aliphatic rings. The topological polar surface area (TPSA) is 9.23 Å². The molecule has 0 bridgehead atoms. The molecule has 0 radical (unpaired) electrons. The lowest BCUT2D eigenvalue weighted by atomic mass is 10.0. The van der Waals surface area contributed by atoms with E-state index in [1.807, 2.05) is 0 Å². The number of alkyl halides is 1. The van der Waals surface area contributed by atoms with Crippen LogP contribution in [0.1, 0.15) is 49.6 Å². The van der Waals surface area contributed by atoms with E-state index in [4.69, 9.17) is 4.43 Å². The zero-order valence-electron chi connectivity index (χ0n) is 16.2. The fourth-order valence-corrected chi connectivity index (χ4v) is 4.15. The Morgan fingerprint density at radius 3 is 2.12 bits per heavy atom. The minimum atomic E-state index is -1.76. The number of halogens is 1. The maximum atomic E-state index is 6.36. The lowest BCUT2D eigenvalue weighted by Crippen LogP contribution is -2.43. The van der Waals surface area contributed by atoms with Crippen LogP contribution in [0.25, 0.3) is 0 Å². The highest BCUT2D eigenvalue weighted by molar-refractivity contribution is 9.09. The highest BCUT2D eigenvalue weighted by Crippen LogP contribution is 2.38. The second-order valence-electron chi connectivity index (χ2n) is 8.28. The van der Waals surface area contributed by atoms with Crippen LogP contribution in [0, 0.1) is 0 Å². The minimum absolute atomic E-state index is 0.223. The quantitative estimate of drug-likeness (QED) is 0.333. The molecular formula is C22H31BrOSi. The van der Waals surface area contributed by atoms with Gasteiger partial charge in [-0.15, -0.1) is 0 Å². The van der Waals surface area contributed by atoms with Crippen LogP contribution < -0.4 is 4.43 Å². The van der Waals surface area contributed by atoms with Crippen molar-refractivity contribution in [2.75, 3.05) is 0 Å². The fourth-order valence-electron chi connectivity index (χ4n) is 2.49. The largest absolute Gasteiger partial charge is 0.544 e. The zero-order chi connectivity index (χ0) is 18.5. The van der Waals surface area contributed by atoms with Crippen LogP contribution in [0.3, 0.4) is 0 Å². The maximum Gasteiger partial charge on any atom is 0.250 e. The number of hydrogen-bond donors (Lipinski definition) is 0. The predicted molar refractivity (Wildman–Crippen MR) is 115 cm³/mol. The highest BCUT2D eigenvalue weighted by Gasteiger charge is 2.38. The summed E-state index contributed by atoms with van der Waals surface area (Å²) in [5.74, 6) is 0.999. The van der Waals surface area contributed by atoms with Crippen LogP contribution in [0.5, 0.6) is 5.75 Å². The second-order valence-corrected chi connectivity index (χ2v) is 14.1. The molecule has 2 aromatic carbocycles. The van der Waals surface area contributed by atoms with Crippen LogP contribution >= 0.6 is 15.9 Å². The van der Waals surface area contributed by atoms with Crippen molar-refractivity contribution in [1.29, 1.82) is 0 Å². The Labute approximate surface area is 163 Å². The van der Waals surface area contributed by atoms with Crippen LogP contribution in [0.15, 0.2) is 54.6 Å². The average molecular weight is 419 g/mol. The smallest absolute Gasteiger partial charge is 0.250 e. The molecular weight excluding hydrogens is 388 g/mol. The molecule has 0 amide bonds. The van der Waals surface area contributed by atoms with Crippen molar-refractivity contribution < 1.29 is 4.43 Å². The van der Waals surface area contributed by atoms with Gasteiger partial charge in [0.1, 0.15) is 5.75 Å². The van der Waals surface area contributed by atoms with Gasteiger partial charge >= 0.3 is 0 Å². The molecule has 0 saturated heterocycles. The Morgan fingerprint density at radius 1 is 0.960 bits per heavy atom. The van der Waals surface area contributed by atoms with E-state index >= 15 is 0 Å². The summed E-state index contributed by atoms with van der Waals surface area (Å²) in [6.07, 6.45) is 3.45. The third-order valence-corrected chi connectivity index (χ3v) is 10.5. The summed E-state index contributed by atoms with van der Waals surface area (Å²) >= 11 is 3.85. The van der Waals surface area contributed by atoms with Crippen LogP contribution in [-0.4, -0.2) is 8.32 Å². The standard InChI is InChI=1S/C22H31BrOSi/c1-22(2,3)25(4,5)24-20-16-14-19(15-17-20)21(23)13-9-12-18-10-7-6-8-11-18/h6-8,10-11,14-17,21H,9,12-13H2,1-5H3. The summed E-state index contributed by atoms with van der Waals surface area (Å²) in [5, 5.41) is 0.223. The van der Waals surface area contributed by atoms with E-state index in [-0.39, 0.29) is 5.04 Å². The first-order valence-electron chi connectivity index (χ1n) is 9.16. The second kappa shape index (κ2) is 8.55. The molecule has 0 aromatic heterocycles. The van der Waals surface area contributed by atoms with Gasteiger partial charge in [-0.1, -0.05) is 79.2 Å². The summed E-state index contributed by atoms with van der Waals surface area (Å²) in [4.78, 5) is 0.401. The first kappa shape index (κ1) is 20.3. The molecule has 1 unspecified atom stereocenters. The lowest BCUT2D eigenvalue weighted by Gasteiger charge is -2.36. The van der Waals surface area contributed by atoms with Crippen molar-refractivity contribution in [3.63, 3.8) is 0 Å². The van der Waals surface area contributed by atoms with Gasteiger partial charge in [-0.2, -0.15) is 0 Å². The highest BCUT2D eigenvalue weighted by atomic mass is 79.9. The molecule has 25 heavy (non-hydrogen) atoms. The maximum absolute atomic E-state index is 6.36. The Hall–Kier alpha value is -1.06. The molecule has 0 spiro atoms. The van der Waals surface area contributed by atoms with Gasteiger partial charge in [0.15, 0.2) is 0 Å². The molecule has 136 valence electrons. The molecule has 0 N–H and O–H groups in total. The van der Waals surface area contributed by atoms with E-state index < -0.39 is 8.32 Å². The molecule has 3 heteroatoms. The van der Waals surface area contributed by atoms with Gasteiger partial charge in [0.2, 0.25) is 8.32 Å². The van der Waals surface area contributed by atoms with Crippen LogP contribution in [-0.2, 0) is 6.42 Å². The molecule has 0 fully saturated rings. The molecule has 0 aliphatic heterocycles. The van der Waals surface area contributed by atoms with Gasteiger partial charge < -0.3 is 4.43 Å². The predicted octanol–water partition coefficient (Wildman–Crippen LogP) is 7.53. The summed E-state index contributed by atoms with van der Waals surface area (Å²) in [6, 6.07) is 19.4. The lowest BCUT2D eigenvalue weighted by molar-refractivity contribution is 0.492. The van der Waals surface area contributed by atoms with Gasteiger partial charge in [-0.05, 0) is 60.7 Å². The van der Waals surface area contributed by atoms with Gasteiger partial charge in [0.05, 0.1) is 0 Å². The Balaban J connectivity index is 1.88. The van der Waals surface area contributed by atoms with E-state index in [0.717, 1.165) is 18.6 Å². The van der Waals surface area contributed by atoms with Crippen molar-refractivity contribution in [3.05, 3.63) is 65.7 Å². The molecule has 0 aliphatic carbocycles. The van der Waals surface area contributed by atoms with Crippen LogP contribution in [0.4, 0.5) is 0 Å². The van der Waals surface area contributed by atoms with E-state index in [9.17, 15) is 0 Å². The molecule has 1 nitrogen and oxygen atoms in total. The van der Waals surface area contributed by atoms with Crippen molar-refractivity contribution >= 4 is 24.2 Å². The Bertz CT molecular complexity index is 644. The monoisotopic (exact) mass is 418 g/mol. The van der Waals surface area contributed by atoms with Gasteiger partial charge in [-0.3, -0.25) is 0 Å². The van der Waals surface area contributed by atoms with Gasteiger partial charge in [0.25, 0.3) is 0 Å². The van der Waals surface area contributed by atoms with Gasteiger partial charge in [-0.25, -0.2) is 0 Å². The number of rotatable bonds is 7. The summed E-state index contributed by atoms with van der Waals surface area (Å²) in [5.41, 5.74) is 2.75. The average Bonchev–Trinajstić information content (AvgIpc) is 2.55. The van der Waals surface area contributed by atoms with Crippen LogP contribution in [0.2, 0.25) is 18.1 Å². The molecule has 0 heterocycles.